The quantitative estimate of drug-likeness (QED) is 0.261. The molecule has 0 saturated carbocycles. The van der Waals surface area contributed by atoms with Gasteiger partial charge in [-0.15, -0.1) is 0 Å². The Morgan fingerprint density at radius 3 is 1.76 bits per heavy atom. The highest BCUT2D eigenvalue weighted by molar-refractivity contribution is 7.81. The molecule has 188 valence electrons. The first-order valence-corrected chi connectivity index (χ1v) is 12.5. The summed E-state index contributed by atoms with van der Waals surface area (Å²) < 4.78 is 11.4. The number of hydrogen-bond donors (Lipinski definition) is 0. The highest BCUT2D eigenvalue weighted by atomic mass is 32.1. The molecular weight excluding hydrogens is 486 g/mol. The maximum absolute atomic E-state index is 13.8. The Bertz CT molecular complexity index is 1310. The summed E-state index contributed by atoms with van der Waals surface area (Å²) in [5, 5.41) is 0.0958. The molecule has 2 heterocycles. The fourth-order valence-electron chi connectivity index (χ4n) is 4.72. The largest absolute Gasteiger partial charge is 0.496 e. The summed E-state index contributed by atoms with van der Waals surface area (Å²) in [7, 11) is 3.19. The molecule has 3 aromatic rings. The zero-order valence-electron chi connectivity index (χ0n) is 20.7. The summed E-state index contributed by atoms with van der Waals surface area (Å²) in [5.41, 5.74) is 2.61. The molecule has 0 radical (unpaired) electrons. The molecule has 0 atom stereocenters. The third kappa shape index (κ3) is 4.56. The van der Waals surface area contributed by atoms with Crippen LogP contribution in [0, 0.1) is 0 Å². The van der Waals surface area contributed by atoms with Gasteiger partial charge in [-0.2, -0.15) is 0 Å². The van der Waals surface area contributed by atoms with Crippen LogP contribution in [0.2, 0.25) is 0 Å². The number of thiocarbonyl (C=S) groups is 1. The Hall–Kier alpha value is -4.17. The van der Waals surface area contributed by atoms with Crippen molar-refractivity contribution in [3.63, 3.8) is 0 Å². The van der Waals surface area contributed by atoms with Gasteiger partial charge in [0.1, 0.15) is 17.1 Å². The standard InChI is InChI=1S/C29H27N3O4S/c1-35-25-19-24(30-15-9-10-16-30)26(36-2)18-20(25)17-23-27(33)31(21-11-5-3-6-12-21)29(37)32(28(23)34)22-13-7-4-8-14-22/h3-8,11-14,17-19H,9-10,15-16H2,1-2H3. The van der Waals surface area contributed by atoms with E-state index in [-0.39, 0.29) is 10.7 Å². The zero-order chi connectivity index (χ0) is 25.9. The summed E-state index contributed by atoms with van der Waals surface area (Å²) >= 11 is 5.68. The number of para-hydroxylation sites is 2. The number of hydrogen-bond acceptors (Lipinski definition) is 6. The lowest BCUT2D eigenvalue weighted by atomic mass is 10.0. The van der Waals surface area contributed by atoms with Gasteiger partial charge in [-0.1, -0.05) is 36.4 Å². The van der Waals surface area contributed by atoms with E-state index < -0.39 is 11.8 Å². The Labute approximate surface area is 221 Å². The topological polar surface area (TPSA) is 62.3 Å². The van der Waals surface area contributed by atoms with Crippen LogP contribution in [0.15, 0.2) is 78.4 Å². The van der Waals surface area contributed by atoms with Crippen LogP contribution in [0.25, 0.3) is 6.08 Å². The average molecular weight is 514 g/mol. The number of nitrogens with zero attached hydrogens (tertiary/aromatic N) is 3. The number of anilines is 3. The highest BCUT2D eigenvalue weighted by Gasteiger charge is 2.41. The van der Waals surface area contributed by atoms with Crippen LogP contribution in [0.1, 0.15) is 18.4 Å². The SMILES string of the molecule is COc1cc(N2CCCC2)c(OC)cc1C=C1C(=O)N(c2ccccc2)C(=S)N(c2ccccc2)C1=O. The summed E-state index contributed by atoms with van der Waals surface area (Å²) in [5.74, 6) is 0.193. The number of benzene rings is 3. The molecule has 2 saturated heterocycles. The van der Waals surface area contributed by atoms with Gasteiger partial charge >= 0.3 is 0 Å². The molecule has 5 rings (SSSR count). The molecule has 0 spiro atoms. The van der Waals surface area contributed by atoms with Crippen molar-refractivity contribution in [2.45, 2.75) is 12.8 Å². The van der Waals surface area contributed by atoms with Crippen molar-refractivity contribution in [1.82, 2.24) is 0 Å². The van der Waals surface area contributed by atoms with Crippen LogP contribution in [0.4, 0.5) is 17.1 Å². The summed E-state index contributed by atoms with van der Waals surface area (Å²) in [6.45, 7) is 1.87. The van der Waals surface area contributed by atoms with Crippen LogP contribution in [-0.4, -0.2) is 44.2 Å². The van der Waals surface area contributed by atoms with Gasteiger partial charge in [0.25, 0.3) is 11.8 Å². The lowest BCUT2D eigenvalue weighted by Crippen LogP contribution is -2.56. The molecular formula is C29H27N3O4S. The minimum absolute atomic E-state index is 0.0319. The van der Waals surface area contributed by atoms with E-state index in [0.717, 1.165) is 31.6 Å². The third-order valence-corrected chi connectivity index (χ3v) is 6.92. The molecule has 0 N–H and O–H groups in total. The van der Waals surface area contributed by atoms with Crippen LogP contribution >= 0.6 is 12.2 Å². The van der Waals surface area contributed by atoms with Gasteiger partial charge in [-0.05, 0) is 61.5 Å². The maximum Gasteiger partial charge on any atom is 0.270 e. The first-order valence-electron chi connectivity index (χ1n) is 12.1. The summed E-state index contributed by atoms with van der Waals surface area (Å²) in [4.78, 5) is 32.6. The Balaban J connectivity index is 1.65. The van der Waals surface area contributed by atoms with Crippen molar-refractivity contribution in [3.8, 4) is 11.5 Å². The van der Waals surface area contributed by atoms with Gasteiger partial charge in [0.05, 0.1) is 31.3 Å². The average Bonchev–Trinajstić information content (AvgIpc) is 3.47. The van der Waals surface area contributed by atoms with Gasteiger partial charge in [-0.25, -0.2) is 0 Å². The van der Waals surface area contributed by atoms with E-state index >= 15 is 0 Å². The number of methoxy groups -OCH3 is 2. The maximum atomic E-state index is 13.8. The van der Waals surface area contributed by atoms with E-state index in [1.807, 2.05) is 48.5 Å². The molecule has 2 fully saturated rings. The molecule has 0 aromatic heterocycles. The fraction of sp³-hybridized carbons (Fsp3) is 0.207. The predicted molar refractivity (Wildman–Crippen MR) is 149 cm³/mol. The molecule has 0 aliphatic carbocycles. The molecule has 0 unspecified atom stereocenters. The minimum atomic E-state index is -0.502. The molecule has 2 aliphatic rings. The first kappa shape index (κ1) is 24.5. The third-order valence-electron chi connectivity index (χ3n) is 6.56. The first-order chi connectivity index (χ1) is 18.0. The molecule has 0 bridgehead atoms. The predicted octanol–water partition coefficient (Wildman–Crippen LogP) is 5.05. The number of ether oxygens (including phenoxy) is 2. The van der Waals surface area contributed by atoms with E-state index in [2.05, 4.69) is 4.90 Å². The van der Waals surface area contributed by atoms with Crippen molar-refractivity contribution in [1.29, 1.82) is 0 Å². The second kappa shape index (κ2) is 10.4. The summed E-state index contributed by atoms with van der Waals surface area (Å²) in [6, 6.07) is 21.9. The van der Waals surface area contributed by atoms with Gasteiger partial charge in [0.2, 0.25) is 0 Å². The van der Waals surface area contributed by atoms with Gasteiger partial charge in [0, 0.05) is 24.7 Å². The van der Waals surface area contributed by atoms with Gasteiger partial charge < -0.3 is 14.4 Å². The Morgan fingerprint density at radius 1 is 0.757 bits per heavy atom. The van der Waals surface area contributed by atoms with Crippen LogP contribution in [-0.2, 0) is 9.59 Å². The van der Waals surface area contributed by atoms with E-state index in [9.17, 15) is 9.59 Å². The van der Waals surface area contributed by atoms with Gasteiger partial charge in [0.15, 0.2) is 5.11 Å². The smallest absolute Gasteiger partial charge is 0.270 e. The van der Waals surface area contributed by atoms with Crippen LogP contribution < -0.4 is 24.2 Å². The van der Waals surface area contributed by atoms with E-state index in [4.69, 9.17) is 21.7 Å². The normalized spacial score (nSPS) is 15.9. The van der Waals surface area contributed by atoms with Crippen molar-refractivity contribution >= 4 is 52.3 Å². The van der Waals surface area contributed by atoms with E-state index in [1.165, 1.54) is 9.80 Å². The lowest BCUT2D eigenvalue weighted by Gasteiger charge is -2.36. The lowest BCUT2D eigenvalue weighted by molar-refractivity contribution is -0.120. The fourth-order valence-corrected chi connectivity index (χ4v) is 5.09. The molecule has 7 nitrogen and oxygen atoms in total. The van der Waals surface area contributed by atoms with E-state index in [0.29, 0.717) is 28.4 Å². The molecule has 37 heavy (non-hydrogen) atoms. The Morgan fingerprint density at radius 2 is 1.27 bits per heavy atom. The Kier molecular flexibility index (Phi) is 6.92. The molecule has 3 aromatic carbocycles. The van der Waals surface area contributed by atoms with Crippen LogP contribution in [0.3, 0.4) is 0 Å². The minimum Gasteiger partial charge on any atom is -0.496 e. The van der Waals surface area contributed by atoms with Crippen molar-refractivity contribution in [2.24, 2.45) is 0 Å². The number of rotatable bonds is 6. The molecule has 2 amide bonds. The van der Waals surface area contributed by atoms with E-state index in [1.54, 1.807) is 44.6 Å². The van der Waals surface area contributed by atoms with Crippen molar-refractivity contribution in [2.75, 3.05) is 42.0 Å². The highest BCUT2D eigenvalue weighted by Crippen LogP contribution is 2.39. The van der Waals surface area contributed by atoms with Crippen LogP contribution in [0.5, 0.6) is 11.5 Å². The molecule has 8 heteroatoms. The number of carbonyl (C=O) groups excluding carboxylic acids is 2. The van der Waals surface area contributed by atoms with Gasteiger partial charge in [-0.3, -0.25) is 19.4 Å². The monoisotopic (exact) mass is 513 g/mol. The molecule has 2 aliphatic heterocycles. The number of amides is 2. The second-order valence-corrected chi connectivity index (χ2v) is 9.12. The summed E-state index contributed by atoms with van der Waals surface area (Å²) in [6.07, 6.45) is 3.79. The number of carbonyl (C=O) groups is 2. The second-order valence-electron chi connectivity index (χ2n) is 8.75. The van der Waals surface area contributed by atoms with Crippen molar-refractivity contribution < 1.29 is 19.1 Å². The van der Waals surface area contributed by atoms with Crippen molar-refractivity contribution in [3.05, 3.63) is 83.9 Å². The zero-order valence-corrected chi connectivity index (χ0v) is 21.5.